The second kappa shape index (κ2) is 5.58. The van der Waals surface area contributed by atoms with Gasteiger partial charge in [-0.1, -0.05) is 13.8 Å². The number of nitrogens with zero attached hydrogens (tertiary/aromatic N) is 1. The van der Waals surface area contributed by atoms with Crippen LogP contribution in [-0.2, 0) is 0 Å². The molecule has 0 aliphatic carbocycles. The number of hydrogen-bond donors (Lipinski definition) is 2. The Kier molecular flexibility index (Phi) is 4.06. The highest BCUT2D eigenvalue weighted by Gasteiger charge is 2.31. The summed E-state index contributed by atoms with van der Waals surface area (Å²) in [5, 5.41) is 15.6. The smallest absolute Gasteiger partial charge is 0.126 e. The maximum atomic E-state index is 13.3. The molecule has 2 N–H and O–H groups in total. The van der Waals surface area contributed by atoms with Gasteiger partial charge in [-0.3, -0.25) is 0 Å². The number of nitriles is 1. The second-order valence-electron chi connectivity index (χ2n) is 5.82. The molecule has 1 aliphatic rings. The molecule has 1 aliphatic heterocycles. The number of nitrogens with one attached hydrogen (secondary N) is 2. The first kappa shape index (κ1) is 13.8. The number of halogens is 1. The number of piperidine rings is 1. The van der Waals surface area contributed by atoms with E-state index < -0.39 is 0 Å². The molecule has 0 aromatic heterocycles. The molecule has 1 aromatic rings. The number of anilines is 1. The zero-order valence-corrected chi connectivity index (χ0v) is 11.5. The maximum Gasteiger partial charge on any atom is 0.126 e. The third-order valence-corrected chi connectivity index (χ3v) is 3.87. The van der Waals surface area contributed by atoms with E-state index >= 15 is 0 Å². The minimum Gasteiger partial charge on any atom is -0.383 e. The van der Waals surface area contributed by atoms with Crippen LogP contribution in [0.25, 0.3) is 0 Å². The van der Waals surface area contributed by atoms with Gasteiger partial charge in [0, 0.05) is 18.3 Å². The van der Waals surface area contributed by atoms with Crippen molar-refractivity contribution < 1.29 is 4.39 Å². The molecule has 1 unspecified atom stereocenters. The van der Waals surface area contributed by atoms with Gasteiger partial charge in [-0.05, 0) is 43.0 Å². The minimum atomic E-state index is -0.377. The largest absolute Gasteiger partial charge is 0.383 e. The molecule has 19 heavy (non-hydrogen) atoms. The Balaban J connectivity index is 2.02. The first-order chi connectivity index (χ1) is 9.01. The molecular formula is C15H20FN3. The van der Waals surface area contributed by atoms with Crippen LogP contribution >= 0.6 is 0 Å². The van der Waals surface area contributed by atoms with Gasteiger partial charge in [-0.15, -0.1) is 0 Å². The standard InChI is InChI=1S/C15H20FN3/c1-15(2)4-3-5-18-14(15)10-19-13-7-11(9-17)6-12(16)8-13/h6-8,14,18-19H,3-5,10H2,1-2H3. The summed E-state index contributed by atoms with van der Waals surface area (Å²) < 4.78 is 13.3. The summed E-state index contributed by atoms with van der Waals surface area (Å²) in [7, 11) is 0. The predicted molar refractivity (Wildman–Crippen MR) is 74.4 cm³/mol. The lowest BCUT2D eigenvalue weighted by Crippen LogP contribution is -2.50. The van der Waals surface area contributed by atoms with Gasteiger partial charge < -0.3 is 10.6 Å². The molecule has 1 fully saturated rings. The molecule has 4 heteroatoms. The Morgan fingerprint density at radius 1 is 1.47 bits per heavy atom. The molecule has 0 radical (unpaired) electrons. The third-order valence-electron chi connectivity index (χ3n) is 3.87. The highest BCUT2D eigenvalue weighted by molar-refractivity contribution is 5.49. The van der Waals surface area contributed by atoms with Crippen molar-refractivity contribution in [2.45, 2.75) is 32.7 Å². The average Bonchev–Trinajstić information content (AvgIpc) is 2.36. The van der Waals surface area contributed by atoms with E-state index in [1.54, 1.807) is 6.07 Å². The fourth-order valence-corrected chi connectivity index (χ4v) is 2.60. The van der Waals surface area contributed by atoms with Gasteiger partial charge in [0.1, 0.15) is 5.82 Å². The summed E-state index contributed by atoms with van der Waals surface area (Å²) >= 11 is 0. The van der Waals surface area contributed by atoms with Crippen molar-refractivity contribution >= 4 is 5.69 Å². The maximum absolute atomic E-state index is 13.3. The predicted octanol–water partition coefficient (Wildman–Crippen LogP) is 2.89. The van der Waals surface area contributed by atoms with Gasteiger partial charge in [-0.2, -0.15) is 5.26 Å². The molecule has 0 amide bonds. The van der Waals surface area contributed by atoms with E-state index in [9.17, 15) is 4.39 Å². The molecular weight excluding hydrogens is 241 g/mol. The first-order valence-corrected chi connectivity index (χ1v) is 6.69. The van der Waals surface area contributed by atoms with Crippen molar-refractivity contribution in [2.24, 2.45) is 5.41 Å². The Hall–Kier alpha value is -1.60. The second-order valence-corrected chi connectivity index (χ2v) is 5.82. The summed E-state index contributed by atoms with van der Waals surface area (Å²) in [6.45, 7) is 6.26. The van der Waals surface area contributed by atoms with Crippen molar-refractivity contribution in [1.82, 2.24) is 5.32 Å². The van der Waals surface area contributed by atoms with Crippen LogP contribution in [0.2, 0.25) is 0 Å². The Bertz CT molecular complexity index is 491. The van der Waals surface area contributed by atoms with Crippen LogP contribution in [0.1, 0.15) is 32.3 Å². The highest BCUT2D eigenvalue weighted by atomic mass is 19.1. The SMILES string of the molecule is CC1(C)CCCNC1CNc1cc(F)cc(C#N)c1. The number of benzene rings is 1. The van der Waals surface area contributed by atoms with E-state index in [1.165, 1.54) is 25.0 Å². The van der Waals surface area contributed by atoms with Crippen LogP contribution in [0.3, 0.4) is 0 Å². The van der Waals surface area contributed by atoms with Crippen LogP contribution in [-0.4, -0.2) is 19.1 Å². The Morgan fingerprint density at radius 2 is 2.26 bits per heavy atom. The molecule has 1 aromatic carbocycles. The van der Waals surface area contributed by atoms with Crippen LogP contribution in [0.4, 0.5) is 10.1 Å². The fourth-order valence-electron chi connectivity index (χ4n) is 2.60. The average molecular weight is 261 g/mol. The van der Waals surface area contributed by atoms with E-state index in [0.29, 0.717) is 17.3 Å². The molecule has 1 heterocycles. The van der Waals surface area contributed by atoms with Crippen LogP contribution in [0, 0.1) is 22.6 Å². The third kappa shape index (κ3) is 3.45. The quantitative estimate of drug-likeness (QED) is 0.879. The zero-order valence-electron chi connectivity index (χ0n) is 11.5. The molecule has 0 bridgehead atoms. The monoisotopic (exact) mass is 261 g/mol. The van der Waals surface area contributed by atoms with Crippen molar-refractivity contribution in [3.8, 4) is 6.07 Å². The Labute approximate surface area is 113 Å². The van der Waals surface area contributed by atoms with Crippen LogP contribution in [0.15, 0.2) is 18.2 Å². The van der Waals surface area contributed by atoms with Crippen LogP contribution in [0.5, 0.6) is 0 Å². The molecule has 0 saturated carbocycles. The lowest BCUT2D eigenvalue weighted by atomic mass is 9.77. The summed E-state index contributed by atoms with van der Waals surface area (Å²) in [6, 6.07) is 6.67. The van der Waals surface area contributed by atoms with Gasteiger partial charge >= 0.3 is 0 Å². The fraction of sp³-hybridized carbons (Fsp3) is 0.533. The van der Waals surface area contributed by atoms with Gasteiger partial charge in [0.2, 0.25) is 0 Å². The molecule has 0 spiro atoms. The van der Waals surface area contributed by atoms with E-state index in [0.717, 1.165) is 13.1 Å². The molecule has 1 saturated heterocycles. The van der Waals surface area contributed by atoms with Gasteiger partial charge in [-0.25, -0.2) is 4.39 Å². The zero-order chi connectivity index (χ0) is 13.9. The molecule has 1 atom stereocenters. The van der Waals surface area contributed by atoms with E-state index in [-0.39, 0.29) is 11.2 Å². The first-order valence-electron chi connectivity index (χ1n) is 6.69. The van der Waals surface area contributed by atoms with Crippen molar-refractivity contribution in [2.75, 3.05) is 18.4 Å². The van der Waals surface area contributed by atoms with Crippen LogP contribution < -0.4 is 10.6 Å². The van der Waals surface area contributed by atoms with E-state index in [4.69, 9.17) is 5.26 Å². The molecule has 2 rings (SSSR count). The normalized spacial score (nSPS) is 21.7. The summed E-state index contributed by atoms with van der Waals surface area (Å²) in [6.07, 6.45) is 2.39. The number of rotatable bonds is 3. The van der Waals surface area contributed by atoms with Crippen molar-refractivity contribution in [3.05, 3.63) is 29.6 Å². The minimum absolute atomic E-state index is 0.233. The highest BCUT2D eigenvalue weighted by Crippen LogP contribution is 2.30. The molecule has 3 nitrogen and oxygen atoms in total. The van der Waals surface area contributed by atoms with E-state index in [1.807, 2.05) is 6.07 Å². The summed E-state index contributed by atoms with van der Waals surface area (Å²) in [5.41, 5.74) is 1.24. The van der Waals surface area contributed by atoms with Crippen molar-refractivity contribution in [1.29, 1.82) is 5.26 Å². The summed E-state index contributed by atoms with van der Waals surface area (Å²) in [4.78, 5) is 0. The van der Waals surface area contributed by atoms with Gasteiger partial charge in [0.05, 0.1) is 11.6 Å². The Morgan fingerprint density at radius 3 is 2.95 bits per heavy atom. The lowest BCUT2D eigenvalue weighted by Gasteiger charge is -2.39. The lowest BCUT2D eigenvalue weighted by molar-refractivity contribution is 0.188. The molecule has 102 valence electrons. The van der Waals surface area contributed by atoms with Gasteiger partial charge in [0.25, 0.3) is 0 Å². The number of hydrogen-bond acceptors (Lipinski definition) is 3. The van der Waals surface area contributed by atoms with E-state index in [2.05, 4.69) is 24.5 Å². The summed E-state index contributed by atoms with van der Waals surface area (Å²) in [5.74, 6) is -0.377. The van der Waals surface area contributed by atoms with Crippen molar-refractivity contribution in [3.63, 3.8) is 0 Å². The topological polar surface area (TPSA) is 47.8 Å². The van der Waals surface area contributed by atoms with Gasteiger partial charge in [0.15, 0.2) is 0 Å².